The number of nitrogens with one attached hydrogen (secondary N) is 1. The van der Waals surface area contributed by atoms with Gasteiger partial charge in [0, 0.05) is 15.8 Å². The summed E-state index contributed by atoms with van der Waals surface area (Å²) in [7, 11) is 0. The molecule has 1 aliphatic rings. The lowest BCUT2D eigenvalue weighted by Crippen LogP contribution is -2.38. The molecule has 3 unspecified atom stereocenters. The van der Waals surface area contributed by atoms with Gasteiger partial charge in [0.15, 0.2) is 0 Å². The molecule has 0 bridgehead atoms. The summed E-state index contributed by atoms with van der Waals surface area (Å²) >= 11 is 1.79. The minimum Gasteiger partial charge on any atom is -0.318 e. The van der Waals surface area contributed by atoms with Gasteiger partial charge < -0.3 is 4.90 Å². The lowest BCUT2D eigenvalue weighted by atomic mass is 10.1. The van der Waals surface area contributed by atoms with Crippen molar-refractivity contribution in [2.24, 2.45) is 0 Å². The van der Waals surface area contributed by atoms with Crippen molar-refractivity contribution < 1.29 is 4.79 Å². The van der Waals surface area contributed by atoms with Crippen LogP contribution in [0.3, 0.4) is 0 Å². The first-order valence-electron chi connectivity index (χ1n) is 7.73. The molecule has 1 N–H and O–H groups in total. The van der Waals surface area contributed by atoms with E-state index >= 15 is 0 Å². The van der Waals surface area contributed by atoms with E-state index in [0.717, 1.165) is 25.7 Å². The predicted molar refractivity (Wildman–Crippen MR) is 84.8 cm³/mol. The highest BCUT2D eigenvalue weighted by Crippen LogP contribution is 2.33. The molecule has 3 atom stereocenters. The van der Waals surface area contributed by atoms with E-state index in [0.29, 0.717) is 6.04 Å². The smallest absolute Gasteiger partial charge is 0.241 e. The van der Waals surface area contributed by atoms with Crippen LogP contribution in [0, 0.1) is 6.92 Å². The highest BCUT2D eigenvalue weighted by atomic mass is 32.1. The quantitative estimate of drug-likeness (QED) is 0.864. The molecule has 1 amide bonds. The largest absolute Gasteiger partial charge is 0.318 e. The average Bonchev–Trinajstić information content (AvgIpc) is 2.95. The van der Waals surface area contributed by atoms with Crippen LogP contribution in [0.5, 0.6) is 0 Å². The molecule has 4 heteroatoms. The molecule has 1 aromatic heterocycles. The molecule has 2 rings (SSSR count). The van der Waals surface area contributed by atoms with Gasteiger partial charge in [0.2, 0.25) is 5.91 Å². The van der Waals surface area contributed by atoms with Crippen LogP contribution in [0.2, 0.25) is 0 Å². The van der Waals surface area contributed by atoms with Crippen LogP contribution < -0.4 is 5.32 Å². The first kappa shape index (κ1) is 15.5. The van der Waals surface area contributed by atoms with Crippen molar-refractivity contribution in [3.05, 3.63) is 21.9 Å². The van der Waals surface area contributed by atoms with Crippen molar-refractivity contribution >= 4 is 17.2 Å². The maximum absolute atomic E-state index is 12.7. The Hall–Kier alpha value is -0.870. The molecule has 1 aliphatic heterocycles. The van der Waals surface area contributed by atoms with Crippen LogP contribution in [0.25, 0.3) is 0 Å². The molecule has 0 aromatic carbocycles. The molecular formula is C16H26N2OS. The number of hydrogen-bond acceptors (Lipinski definition) is 3. The Morgan fingerprint density at radius 3 is 2.65 bits per heavy atom. The number of carbonyl (C=O) groups is 1. The average molecular weight is 294 g/mol. The van der Waals surface area contributed by atoms with Crippen molar-refractivity contribution in [3.63, 3.8) is 0 Å². The van der Waals surface area contributed by atoms with Crippen LogP contribution in [0.15, 0.2) is 12.1 Å². The molecule has 0 radical (unpaired) electrons. The topological polar surface area (TPSA) is 32.3 Å². The summed E-state index contributed by atoms with van der Waals surface area (Å²) in [5.41, 5.74) is 0. The van der Waals surface area contributed by atoms with Crippen molar-refractivity contribution in [2.45, 2.75) is 71.6 Å². The van der Waals surface area contributed by atoms with Gasteiger partial charge in [0.05, 0.1) is 6.04 Å². The molecule has 1 saturated heterocycles. The van der Waals surface area contributed by atoms with E-state index in [1.165, 1.54) is 9.75 Å². The van der Waals surface area contributed by atoms with Gasteiger partial charge in [-0.3, -0.25) is 10.1 Å². The van der Waals surface area contributed by atoms with E-state index in [4.69, 9.17) is 0 Å². The van der Waals surface area contributed by atoms with E-state index in [2.05, 4.69) is 50.0 Å². The zero-order valence-electron chi connectivity index (χ0n) is 13.0. The van der Waals surface area contributed by atoms with E-state index in [1.807, 2.05) is 0 Å². The van der Waals surface area contributed by atoms with Gasteiger partial charge in [-0.05, 0) is 38.8 Å². The van der Waals surface area contributed by atoms with Crippen LogP contribution >= 0.6 is 11.3 Å². The van der Waals surface area contributed by atoms with Gasteiger partial charge in [-0.1, -0.05) is 26.7 Å². The summed E-state index contributed by atoms with van der Waals surface area (Å²) in [4.78, 5) is 17.3. The summed E-state index contributed by atoms with van der Waals surface area (Å²) in [5.74, 6) is 0.281. The van der Waals surface area contributed by atoms with Crippen LogP contribution in [0.1, 0.15) is 62.4 Å². The van der Waals surface area contributed by atoms with E-state index in [9.17, 15) is 4.79 Å². The highest BCUT2D eigenvalue weighted by molar-refractivity contribution is 7.12. The Morgan fingerprint density at radius 2 is 2.10 bits per heavy atom. The van der Waals surface area contributed by atoms with Crippen molar-refractivity contribution in [3.8, 4) is 0 Å². The van der Waals surface area contributed by atoms with Gasteiger partial charge in [-0.15, -0.1) is 11.3 Å². The van der Waals surface area contributed by atoms with Gasteiger partial charge in [-0.2, -0.15) is 0 Å². The summed E-state index contributed by atoms with van der Waals surface area (Å²) in [6.45, 7) is 8.61. The summed E-state index contributed by atoms with van der Waals surface area (Å²) < 4.78 is 0. The first-order valence-corrected chi connectivity index (χ1v) is 8.54. The predicted octanol–water partition coefficient (Wildman–Crippen LogP) is 3.84. The number of hydrogen-bond donors (Lipinski definition) is 1. The fourth-order valence-corrected chi connectivity index (χ4v) is 3.93. The lowest BCUT2D eigenvalue weighted by Gasteiger charge is -2.29. The molecule has 0 saturated carbocycles. The van der Waals surface area contributed by atoms with E-state index in [1.54, 1.807) is 11.3 Å². The van der Waals surface area contributed by atoms with E-state index in [-0.39, 0.29) is 18.1 Å². The highest BCUT2D eigenvalue weighted by Gasteiger charge is 2.41. The Kier molecular flexibility index (Phi) is 5.22. The number of amides is 1. The third-order valence-corrected chi connectivity index (χ3v) is 5.03. The second-order valence-electron chi connectivity index (χ2n) is 5.74. The van der Waals surface area contributed by atoms with Crippen molar-refractivity contribution in [1.29, 1.82) is 0 Å². The molecule has 0 aliphatic carbocycles. The van der Waals surface area contributed by atoms with Crippen molar-refractivity contribution in [2.75, 3.05) is 0 Å². The monoisotopic (exact) mass is 294 g/mol. The number of thiophene rings is 1. The minimum absolute atomic E-state index is 0.00767. The number of carbonyl (C=O) groups excluding carboxylic acids is 1. The SMILES string of the molecule is CCCC1NC(c2ccc(C)s2)N(C(C)CCC)C1=O. The molecular weight excluding hydrogens is 268 g/mol. The van der Waals surface area contributed by atoms with Gasteiger partial charge in [-0.25, -0.2) is 0 Å². The normalized spacial score (nSPS) is 24.4. The minimum atomic E-state index is -0.00767. The maximum atomic E-state index is 12.7. The lowest BCUT2D eigenvalue weighted by molar-refractivity contribution is -0.132. The summed E-state index contributed by atoms with van der Waals surface area (Å²) in [6.07, 6.45) is 4.21. The third-order valence-electron chi connectivity index (χ3n) is 3.98. The molecule has 20 heavy (non-hydrogen) atoms. The van der Waals surface area contributed by atoms with Crippen LogP contribution in [0.4, 0.5) is 0 Å². The van der Waals surface area contributed by atoms with E-state index < -0.39 is 0 Å². The molecule has 1 fully saturated rings. The number of rotatable bonds is 6. The Morgan fingerprint density at radius 1 is 1.35 bits per heavy atom. The maximum Gasteiger partial charge on any atom is 0.241 e. The fraction of sp³-hybridized carbons (Fsp3) is 0.688. The van der Waals surface area contributed by atoms with Gasteiger partial charge in [0.25, 0.3) is 0 Å². The zero-order valence-corrected chi connectivity index (χ0v) is 13.8. The fourth-order valence-electron chi connectivity index (χ4n) is 2.99. The van der Waals surface area contributed by atoms with Gasteiger partial charge in [0.1, 0.15) is 6.17 Å². The van der Waals surface area contributed by atoms with Crippen LogP contribution in [-0.4, -0.2) is 22.9 Å². The Labute approximate surface area is 126 Å². The zero-order chi connectivity index (χ0) is 14.7. The second kappa shape index (κ2) is 6.72. The first-order chi connectivity index (χ1) is 9.58. The summed E-state index contributed by atoms with van der Waals surface area (Å²) in [5, 5.41) is 3.55. The molecule has 0 spiro atoms. The van der Waals surface area contributed by atoms with Crippen molar-refractivity contribution in [1.82, 2.24) is 10.2 Å². The second-order valence-corrected chi connectivity index (χ2v) is 7.06. The number of nitrogens with zero attached hydrogens (tertiary/aromatic N) is 1. The summed E-state index contributed by atoms with van der Waals surface area (Å²) in [6, 6.07) is 4.59. The standard InChI is InChI=1S/C16H26N2OS/c1-5-7-11(3)18-15(14-10-9-12(4)20-14)17-13(8-6-2)16(18)19/h9-11,13,15,17H,5-8H2,1-4H3. The Bertz CT molecular complexity index is 457. The molecule has 2 heterocycles. The Balaban J connectivity index is 2.24. The van der Waals surface area contributed by atoms with Gasteiger partial charge >= 0.3 is 0 Å². The van der Waals surface area contributed by atoms with Crippen LogP contribution in [-0.2, 0) is 4.79 Å². The third kappa shape index (κ3) is 3.07. The number of aryl methyl sites for hydroxylation is 1. The molecule has 3 nitrogen and oxygen atoms in total. The molecule has 112 valence electrons. The molecule has 1 aromatic rings.